The number of hydrogen-bond acceptors (Lipinski definition) is 1. The van der Waals surface area contributed by atoms with E-state index in [0.29, 0.717) is 42.9 Å². The first-order valence-corrected chi connectivity index (χ1v) is 15.8. The molecule has 2 unspecified atom stereocenters. The molecule has 0 aromatic heterocycles. The van der Waals surface area contributed by atoms with Crippen molar-refractivity contribution in [3.8, 4) is 0 Å². The Balaban J connectivity index is 1.76. The van der Waals surface area contributed by atoms with Crippen LogP contribution in [0.3, 0.4) is 0 Å². The summed E-state index contributed by atoms with van der Waals surface area (Å²) in [5.74, 6) is 2.09. The molecule has 0 aliphatic heterocycles. The Morgan fingerprint density at radius 1 is 0.763 bits per heavy atom. The molecule has 1 fully saturated rings. The second-order valence-electron chi connectivity index (χ2n) is 12.9. The summed E-state index contributed by atoms with van der Waals surface area (Å²) in [5, 5.41) is 0. The monoisotopic (exact) mass is 522 g/mol. The minimum Gasteiger partial charge on any atom is -0.373 e. The Morgan fingerprint density at radius 2 is 1.32 bits per heavy atom. The lowest BCUT2D eigenvalue weighted by atomic mass is 9.72. The number of aryl methyl sites for hydroxylation is 1. The predicted octanol–water partition coefficient (Wildman–Crippen LogP) is 10.9. The van der Waals surface area contributed by atoms with Crippen LogP contribution >= 0.6 is 0 Å². The molecular weight excluding hydrogens is 467 g/mol. The summed E-state index contributed by atoms with van der Waals surface area (Å²) in [4.78, 5) is 0. The molecule has 1 aliphatic carbocycles. The highest BCUT2D eigenvalue weighted by Crippen LogP contribution is 2.44. The molecule has 0 spiro atoms. The average molecular weight is 523 g/mol. The fraction of sp³-hybridized carbons (Fsp3) is 0.667. The van der Waals surface area contributed by atoms with Crippen molar-refractivity contribution in [1.82, 2.24) is 0 Å². The smallest absolute Gasteiger partial charge is 0.111 e. The molecule has 1 aliphatic rings. The van der Waals surface area contributed by atoms with E-state index >= 15 is 4.39 Å². The molecule has 0 heterocycles. The molecule has 38 heavy (non-hydrogen) atoms. The highest BCUT2D eigenvalue weighted by atomic mass is 19.1. The van der Waals surface area contributed by atoms with E-state index in [1.807, 2.05) is 0 Å². The van der Waals surface area contributed by atoms with E-state index in [0.717, 1.165) is 38.7 Å². The van der Waals surface area contributed by atoms with Crippen molar-refractivity contribution in [2.75, 3.05) is 6.61 Å². The van der Waals surface area contributed by atoms with E-state index in [2.05, 4.69) is 88.4 Å². The average Bonchev–Trinajstić information content (AvgIpc) is 2.94. The van der Waals surface area contributed by atoms with Gasteiger partial charge >= 0.3 is 0 Å². The number of halogens is 1. The zero-order valence-corrected chi connectivity index (χ0v) is 24.8. The summed E-state index contributed by atoms with van der Waals surface area (Å²) in [6.07, 6.45) is 13.5. The third-order valence-corrected chi connectivity index (χ3v) is 8.79. The molecule has 0 saturated heterocycles. The second kappa shape index (κ2) is 16.4. The third-order valence-electron chi connectivity index (χ3n) is 8.79. The standard InChI is InChI=1S/C36H55FO/c1-29(2)22-25-36(37,26-23-30(3)4)27-24-34(32-18-10-6-11-19-32)35(33-20-12-7-13-21-33)38-28-14-17-31-15-8-5-9-16-31/h5,7-9,12-13,15-16,20-21,29-30,32,34-35H,6,10-11,14,17-19,22-28H2,1-4H3. The number of alkyl halides is 1. The predicted molar refractivity (Wildman–Crippen MR) is 161 cm³/mol. The van der Waals surface area contributed by atoms with Gasteiger partial charge in [-0.25, -0.2) is 4.39 Å². The van der Waals surface area contributed by atoms with Crippen LogP contribution in [-0.4, -0.2) is 12.3 Å². The minimum atomic E-state index is -1.06. The molecule has 0 N–H and O–H groups in total. The van der Waals surface area contributed by atoms with E-state index in [-0.39, 0.29) is 6.10 Å². The quantitative estimate of drug-likeness (QED) is 0.188. The largest absolute Gasteiger partial charge is 0.373 e. The number of benzene rings is 2. The van der Waals surface area contributed by atoms with Crippen LogP contribution in [0.1, 0.15) is 122 Å². The normalized spacial score (nSPS) is 16.7. The summed E-state index contributed by atoms with van der Waals surface area (Å²) in [6.45, 7) is 9.65. The van der Waals surface area contributed by atoms with Gasteiger partial charge in [-0.05, 0) is 86.2 Å². The van der Waals surface area contributed by atoms with Crippen LogP contribution in [0.25, 0.3) is 0 Å². The maximum absolute atomic E-state index is 16.6. The SMILES string of the molecule is CC(C)CCC(F)(CCC(C)C)CCC(C1CCCCC1)C(OCCCc1ccccc1)c1ccccc1. The van der Waals surface area contributed by atoms with Gasteiger partial charge in [0.2, 0.25) is 0 Å². The van der Waals surface area contributed by atoms with Gasteiger partial charge in [0.15, 0.2) is 0 Å². The molecule has 212 valence electrons. The third kappa shape index (κ3) is 10.8. The van der Waals surface area contributed by atoms with Gasteiger partial charge < -0.3 is 4.74 Å². The summed E-state index contributed by atoms with van der Waals surface area (Å²) in [5.41, 5.74) is 1.58. The maximum Gasteiger partial charge on any atom is 0.111 e. The van der Waals surface area contributed by atoms with Crippen LogP contribution in [0, 0.1) is 23.7 Å². The van der Waals surface area contributed by atoms with Crippen LogP contribution in [0.15, 0.2) is 60.7 Å². The summed E-state index contributed by atoms with van der Waals surface area (Å²) in [7, 11) is 0. The van der Waals surface area contributed by atoms with Crippen LogP contribution in [0.5, 0.6) is 0 Å². The van der Waals surface area contributed by atoms with E-state index in [1.165, 1.54) is 43.2 Å². The van der Waals surface area contributed by atoms with Gasteiger partial charge in [0, 0.05) is 6.61 Å². The highest BCUT2D eigenvalue weighted by Gasteiger charge is 2.36. The van der Waals surface area contributed by atoms with E-state index in [9.17, 15) is 0 Å². The molecule has 2 atom stereocenters. The first-order valence-electron chi connectivity index (χ1n) is 15.8. The van der Waals surface area contributed by atoms with Crippen LogP contribution in [0.2, 0.25) is 0 Å². The maximum atomic E-state index is 16.6. The molecule has 3 rings (SSSR count). The lowest BCUT2D eigenvalue weighted by Gasteiger charge is -2.38. The summed E-state index contributed by atoms with van der Waals surface area (Å²) >= 11 is 0. The lowest BCUT2D eigenvalue weighted by Crippen LogP contribution is -2.31. The van der Waals surface area contributed by atoms with Crippen molar-refractivity contribution >= 4 is 0 Å². The topological polar surface area (TPSA) is 9.23 Å². The van der Waals surface area contributed by atoms with E-state index in [4.69, 9.17) is 4.74 Å². The van der Waals surface area contributed by atoms with Gasteiger partial charge in [-0.1, -0.05) is 120 Å². The fourth-order valence-electron chi connectivity index (χ4n) is 6.33. The zero-order chi connectivity index (χ0) is 27.2. The van der Waals surface area contributed by atoms with Crippen molar-refractivity contribution in [3.63, 3.8) is 0 Å². The van der Waals surface area contributed by atoms with Crippen molar-refractivity contribution < 1.29 is 9.13 Å². The van der Waals surface area contributed by atoms with Gasteiger partial charge in [0.25, 0.3) is 0 Å². The minimum absolute atomic E-state index is 0.0505. The van der Waals surface area contributed by atoms with Gasteiger partial charge in [-0.3, -0.25) is 0 Å². The molecule has 0 radical (unpaired) electrons. The number of ether oxygens (including phenoxy) is 1. The number of hydrogen-bond donors (Lipinski definition) is 0. The van der Waals surface area contributed by atoms with Crippen molar-refractivity contribution in [2.24, 2.45) is 23.7 Å². The van der Waals surface area contributed by atoms with Gasteiger partial charge in [-0.2, -0.15) is 0 Å². The molecule has 2 aromatic rings. The van der Waals surface area contributed by atoms with E-state index < -0.39 is 5.67 Å². The number of rotatable bonds is 17. The Labute approximate surface area is 234 Å². The van der Waals surface area contributed by atoms with Gasteiger partial charge in [0.05, 0.1) is 6.10 Å². The van der Waals surface area contributed by atoms with Gasteiger partial charge in [-0.15, -0.1) is 0 Å². The molecule has 2 aromatic carbocycles. The highest BCUT2D eigenvalue weighted by molar-refractivity contribution is 5.19. The Bertz CT molecular complexity index is 843. The van der Waals surface area contributed by atoms with Crippen molar-refractivity contribution in [3.05, 3.63) is 71.8 Å². The first kappa shape index (κ1) is 30.9. The lowest BCUT2D eigenvalue weighted by molar-refractivity contribution is -0.0283. The van der Waals surface area contributed by atoms with Gasteiger partial charge in [0.1, 0.15) is 5.67 Å². The fourth-order valence-corrected chi connectivity index (χ4v) is 6.33. The molecule has 1 saturated carbocycles. The Morgan fingerprint density at radius 3 is 1.89 bits per heavy atom. The molecule has 0 bridgehead atoms. The molecular formula is C36H55FO. The van der Waals surface area contributed by atoms with Crippen LogP contribution in [0.4, 0.5) is 4.39 Å². The summed E-state index contributed by atoms with van der Waals surface area (Å²) < 4.78 is 23.4. The molecule has 1 nitrogen and oxygen atoms in total. The zero-order valence-electron chi connectivity index (χ0n) is 24.8. The van der Waals surface area contributed by atoms with E-state index in [1.54, 1.807) is 0 Å². The molecule has 0 amide bonds. The Kier molecular flexibility index (Phi) is 13.4. The Hall–Kier alpha value is -1.67. The molecule has 2 heteroatoms. The van der Waals surface area contributed by atoms with Crippen LogP contribution in [-0.2, 0) is 11.2 Å². The second-order valence-corrected chi connectivity index (χ2v) is 12.9. The van der Waals surface area contributed by atoms with Crippen molar-refractivity contribution in [2.45, 2.75) is 123 Å². The van der Waals surface area contributed by atoms with Crippen LogP contribution < -0.4 is 0 Å². The summed E-state index contributed by atoms with van der Waals surface area (Å²) in [6, 6.07) is 21.5. The first-order chi connectivity index (χ1) is 18.4. The van der Waals surface area contributed by atoms with Crippen molar-refractivity contribution in [1.29, 1.82) is 0 Å².